The zero-order valence-corrected chi connectivity index (χ0v) is 21.0. The topological polar surface area (TPSA) is 76.2 Å². The van der Waals surface area contributed by atoms with Crippen molar-refractivity contribution in [3.8, 4) is 0 Å². The molecule has 1 saturated heterocycles. The number of benzene rings is 3. The van der Waals surface area contributed by atoms with E-state index in [-0.39, 0.29) is 25.5 Å². The Kier molecular flexibility index (Phi) is 8.92. The third-order valence-corrected chi connectivity index (χ3v) is 6.58. The van der Waals surface area contributed by atoms with E-state index in [9.17, 15) is 14.4 Å². The molecule has 2 amide bonds. The smallest absolute Gasteiger partial charge is 0.410 e. The molecule has 0 aliphatic carbocycles. The summed E-state index contributed by atoms with van der Waals surface area (Å²) in [5.41, 5.74) is 2.59. The third kappa shape index (κ3) is 6.97. The third-order valence-electron chi connectivity index (χ3n) is 6.58. The molecule has 4 rings (SSSR count). The van der Waals surface area contributed by atoms with Gasteiger partial charge >= 0.3 is 12.1 Å². The molecule has 7 nitrogen and oxygen atoms in total. The lowest BCUT2D eigenvalue weighted by Gasteiger charge is -2.30. The van der Waals surface area contributed by atoms with E-state index in [1.54, 1.807) is 11.9 Å². The number of hydrogen-bond acceptors (Lipinski definition) is 5. The molecule has 3 aromatic carbocycles. The monoisotopic (exact) mass is 500 g/mol. The highest BCUT2D eigenvalue weighted by Gasteiger charge is 2.37. The van der Waals surface area contributed by atoms with Crippen molar-refractivity contribution in [3.63, 3.8) is 0 Å². The van der Waals surface area contributed by atoms with Gasteiger partial charge in [0.05, 0.1) is 12.5 Å². The van der Waals surface area contributed by atoms with Crippen molar-refractivity contribution in [2.45, 2.75) is 44.6 Å². The summed E-state index contributed by atoms with van der Waals surface area (Å²) in [6.45, 7) is 0.787. The van der Waals surface area contributed by atoms with E-state index in [1.807, 2.05) is 91.0 Å². The number of esters is 1. The van der Waals surface area contributed by atoms with Gasteiger partial charge in [-0.15, -0.1) is 0 Å². The molecule has 1 fully saturated rings. The molecular formula is C30H32N2O5. The van der Waals surface area contributed by atoms with Gasteiger partial charge in [-0.1, -0.05) is 91.0 Å². The van der Waals surface area contributed by atoms with Crippen LogP contribution in [0.2, 0.25) is 0 Å². The molecule has 1 heterocycles. The molecule has 0 radical (unpaired) electrons. The minimum atomic E-state index is -0.622. The summed E-state index contributed by atoms with van der Waals surface area (Å²) >= 11 is 0. The lowest BCUT2D eigenvalue weighted by atomic mass is 10.0. The molecule has 0 saturated carbocycles. The van der Waals surface area contributed by atoms with Crippen LogP contribution in [-0.4, -0.2) is 47.4 Å². The summed E-state index contributed by atoms with van der Waals surface area (Å²) < 4.78 is 11.0. The van der Waals surface area contributed by atoms with Crippen LogP contribution in [0.4, 0.5) is 4.79 Å². The van der Waals surface area contributed by atoms with Gasteiger partial charge in [-0.05, 0) is 29.5 Å². The summed E-state index contributed by atoms with van der Waals surface area (Å²) in [4.78, 5) is 42.3. The predicted octanol–water partition coefficient (Wildman–Crippen LogP) is 5.12. The molecule has 3 aromatic rings. The van der Waals surface area contributed by atoms with E-state index >= 15 is 0 Å². The standard InChI is InChI=1S/C30H32N2O5/c1-31(30(35)37-22-24-14-7-3-8-15-24)27(25-16-9-4-10-17-25)20-28(33)32-19-11-18-26(32)29(34)36-21-23-12-5-2-6-13-23/h2-10,12-17,26-27H,11,18-22H2,1H3/t26-,27?/m0/s1. The fourth-order valence-corrected chi connectivity index (χ4v) is 4.52. The maximum Gasteiger partial charge on any atom is 0.410 e. The molecule has 0 spiro atoms. The second-order valence-electron chi connectivity index (χ2n) is 9.12. The number of carbonyl (C=O) groups excluding carboxylic acids is 3. The fraction of sp³-hybridized carbons (Fsp3) is 0.300. The maximum atomic E-state index is 13.5. The summed E-state index contributed by atoms with van der Waals surface area (Å²) in [6.07, 6.45) is 0.793. The predicted molar refractivity (Wildman–Crippen MR) is 139 cm³/mol. The van der Waals surface area contributed by atoms with Gasteiger partial charge in [0.2, 0.25) is 5.91 Å². The van der Waals surface area contributed by atoms with E-state index in [4.69, 9.17) is 9.47 Å². The molecule has 0 N–H and O–H groups in total. The van der Waals surface area contributed by atoms with Crippen molar-refractivity contribution in [1.82, 2.24) is 9.80 Å². The molecule has 192 valence electrons. The number of likely N-dealkylation sites (tertiary alicyclic amines) is 1. The second-order valence-corrected chi connectivity index (χ2v) is 9.12. The fourth-order valence-electron chi connectivity index (χ4n) is 4.52. The van der Waals surface area contributed by atoms with Crippen molar-refractivity contribution in [2.75, 3.05) is 13.6 Å². The molecule has 1 aliphatic rings. The quantitative estimate of drug-likeness (QED) is 0.381. The average Bonchev–Trinajstić information content (AvgIpc) is 3.45. The normalized spacial score (nSPS) is 15.6. The van der Waals surface area contributed by atoms with E-state index in [2.05, 4.69) is 0 Å². The van der Waals surface area contributed by atoms with Crippen molar-refractivity contribution in [1.29, 1.82) is 0 Å². The zero-order valence-electron chi connectivity index (χ0n) is 21.0. The minimum absolute atomic E-state index is 0.0312. The van der Waals surface area contributed by atoms with Crippen LogP contribution in [0.15, 0.2) is 91.0 Å². The van der Waals surface area contributed by atoms with Crippen LogP contribution in [0.3, 0.4) is 0 Å². The van der Waals surface area contributed by atoms with Crippen LogP contribution in [0, 0.1) is 0 Å². The first-order chi connectivity index (χ1) is 18.0. The van der Waals surface area contributed by atoms with Crippen LogP contribution in [-0.2, 0) is 32.3 Å². The Morgan fingerprint density at radius 2 is 1.38 bits per heavy atom. The van der Waals surface area contributed by atoms with Crippen molar-refractivity contribution in [3.05, 3.63) is 108 Å². The summed E-state index contributed by atoms with van der Waals surface area (Å²) in [7, 11) is 1.63. The Morgan fingerprint density at radius 1 is 0.838 bits per heavy atom. The van der Waals surface area contributed by atoms with Gasteiger partial charge in [-0.25, -0.2) is 9.59 Å². The summed E-state index contributed by atoms with van der Waals surface area (Å²) in [5, 5.41) is 0. The van der Waals surface area contributed by atoms with Gasteiger partial charge in [-0.2, -0.15) is 0 Å². The van der Waals surface area contributed by atoms with Crippen molar-refractivity contribution < 1.29 is 23.9 Å². The van der Waals surface area contributed by atoms with Crippen LogP contribution in [0.5, 0.6) is 0 Å². The minimum Gasteiger partial charge on any atom is -0.459 e. The number of ether oxygens (including phenoxy) is 2. The Balaban J connectivity index is 1.42. The van der Waals surface area contributed by atoms with Gasteiger partial charge < -0.3 is 19.3 Å². The highest BCUT2D eigenvalue weighted by atomic mass is 16.6. The highest BCUT2D eigenvalue weighted by molar-refractivity contribution is 5.86. The Bertz CT molecular complexity index is 1170. The van der Waals surface area contributed by atoms with E-state index in [1.165, 1.54) is 4.90 Å². The van der Waals surface area contributed by atoms with Crippen LogP contribution in [0.25, 0.3) is 0 Å². The van der Waals surface area contributed by atoms with E-state index < -0.39 is 24.1 Å². The molecule has 1 aliphatic heterocycles. The number of rotatable bonds is 9. The number of amides is 2. The van der Waals surface area contributed by atoms with E-state index in [0.29, 0.717) is 13.0 Å². The van der Waals surface area contributed by atoms with Gasteiger partial charge in [0.25, 0.3) is 0 Å². The van der Waals surface area contributed by atoms with Gasteiger partial charge in [-0.3, -0.25) is 4.79 Å². The Morgan fingerprint density at radius 3 is 1.97 bits per heavy atom. The number of nitrogens with zero attached hydrogens (tertiary/aromatic N) is 2. The molecule has 7 heteroatoms. The Hall–Kier alpha value is -4.13. The van der Waals surface area contributed by atoms with Crippen molar-refractivity contribution >= 4 is 18.0 Å². The summed E-state index contributed by atoms with van der Waals surface area (Å²) in [6, 6.07) is 27.1. The lowest BCUT2D eigenvalue weighted by Crippen LogP contribution is -2.43. The molecule has 0 aromatic heterocycles. The van der Waals surface area contributed by atoms with Crippen molar-refractivity contribution in [2.24, 2.45) is 0 Å². The van der Waals surface area contributed by atoms with E-state index in [0.717, 1.165) is 23.1 Å². The SMILES string of the molecule is CN(C(=O)OCc1ccccc1)C(CC(=O)N1CCC[C@H]1C(=O)OCc1ccccc1)c1ccccc1. The molecule has 0 bridgehead atoms. The first-order valence-corrected chi connectivity index (χ1v) is 12.5. The maximum absolute atomic E-state index is 13.5. The van der Waals surface area contributed by atoms with Crippen LogP contribution < -0.4 is 0 Å². The second kappa shape index (κ2) is 12.7. The van der Waals surface area contributed by atoms with Crippen LogP contribution in [0.1, 0.15) is 42.0 Å². The lowest BCUT2D eigenvalue weighted by molar-refractivity contribution is -0.154. The summed E-state index contributed by atoms with van der Waals surface area (Å²) in [5.74, 6) is -0.600. The molecular weight excluding hydrogens is 468 g/mol. The number of carbonyl (C=O) groups is 3. The molecule has 1 unspecified atom stereocenters. The average molecular weight is 501 g/mol. The van der Waals surface area contributed by atoms with Gasteiger partial charge in [0, 0.05) is 13.6 Å². The van der Waals surface area contributed by atoms with Gasteiger partial charge in [0.1, 0.15) is 19.3 Å². The molecule has 2 atom stereocenters. The molecule has 37 heavy (non-hydrogen) atoms. The largest absolute Gasteiger partial charge is 0.459 e. The zero-order chi connectivity index (χ0) is 26.0. The number of hydrogen-bond donors (Lipinski definition) is 0. The first kappa shape index (κ1) is 25.9. The first-order valence-electron chi connectivity index (χ1n) is 12.5. The Labute approximate surface area is 217 Å². The highest BCUT2D eigenvalue weighted by Crippen LogP contribution is 2.28. The van der Waals surface area contributed by atoms with Gasteiger partial charge in [0.15, 0.2) is 0 Å². The van der Waals surface area contributed by atoms with Crippen LogP contribution >= 0.6 is 0 Å².